The SMILES string of the molecule is CC(C)Cc1ccc(C(C)Nc2cc(Br)cnc2Cl)cc1. The van der Waals surface area contributed by atoms with Crippen LogP contribution in [-0.2, 0) is 6.42 Å². The van der Waals surface area contributed by atoms with Crippen molar-refractivity contribution < 1.29 is 0 Å². The standard InChI is InChI=1S/C17H20BrClN2/c1-11(2)8-13-4-6-14(7-5-13)12(3)21-16-9-15(18)10-20-17(16)19/h4-7,9-12,21H,8H2,1-3H3. The Labute approximate surface area is 140 Å². The second kappa shape index (κ2) is 7.28. The number of anilines is 1. The van der Waals surface area contributed by atoms with Crippen molar-refractivity contribution in [3.63, 3.8) is 0 Å². The van der Waals surface area contributed by atoms with Crippen molar-refractivity contribution in [1.82, 2.24) is 4.98 Å². The molecule has 2 aromatic rings. The van der Waals surface area contributed by atoms with Gasteiger partial charge in [-0.2, -0.15) is 0 Å². The molecule has 0 fully saturated rings. The molecule has 1 N–H and O–H groups in total. The molecule has 4 heteroatoms. The van der Waals surface area contributed by atoms with Gasteiger partial charge in [0, 0.05) is 16.7 Å². The van der Waals surface area contributed by atoms with E-state index in [1.807, 2.05) is 6.07 Å². The third-order valence-corrected chi connectivity index (χ3v) is 4.04. The zero-order valence-corrected chi connectivity index (χ0v) is 14.9. The van der Waals surface area contributed by atoms with Gasteiger partial charge in [0.1, 0.15) is 0 Å². The lowest BCUT2D eigenvalue weighted by atomic mass is 10.00. The van der Waals surface area contributed by atoms with Crippen molar-refractivity contribution in [2.45, 2.75) is 33.2 Å². The van der Waals surface area contributed by atoms with E-state index >= 15 is 0 Å². The Morgan fingerprint density at radius 3 is 2.48 bits per heavy atom. The van der Waals surface area contributed by atoms with E-state index in [-0.39, 0.29) is 6.04 Å². The smallest absolute Gasteiger partial charge is 0.152 e. The molecule has 1 aromatic heterocycles. The molecule has 0 saturated carbocycles. The molecule has 0 radical (unpaired) electrons. The van der Waals surface area contributed by atoms with Crippen LogP contribution in [0.2, 0.25) is 5.15 Å². The predicted molar refractivity (Wildman–Crippen MR) is 94.0 cm³/mol. The Morgan fingerprint density at radius 1 is 1.19 bits per heavy atom. The molecular weight excluding hydrogens is 348 g/mol. The maximum absolute atomic E-state index is 6.12. The zero-order valence-electron chi connectivity index (χ0n) is 12.5. The minimum atomic E-state index is 0.173. The van der Waals surface area contributed by atoms with E-state index in [0.29, 0.717) is 11.1 Å². The number of nitrogens with zero attached hydrogens (tertiary/aromatic N) is 1. The minimum absolute atomic E-state index is 0.173. The summed E-state index contributed by atoms with van der Waals surface area (Å²) < 4.78 is 0.911. The first-order valence-corrected chi connectivity index (χ1v) is 8.29. The molecule has 2 nitrogen and oxygen atoms in total. The summed E-state index contributed by atoms with van der Waals surface area (Å²) >= 11 is 9.53. The number of hydrogen-bond donors (Lipinski definition) is 1. The molecule has 0 aliphatic carbocycles. The van der Waals surface area contributed by atoms with Crippen molar-refractivity contribution in [3.8, 4) is 0 Å². The lowest BCUT2D eigenvalue weighted by molar-refractivity contribution is 0.647. The normalized spacial score (nSPS) is 12.5. The van der Waals surface area contributed by atoms with Crippen molar-refractivity contribution in [1.29, 1.82) is 0 Å². The van der Waals surface area contributed by atoms with Crippen LogP contribution in [-0.4, -0.2) is 4.98 Å². The first-order valence-electron chi connectivity index (χ1n) is 7.12. The van der Waals surface area contributed by atoms with Gasteiger partial charge in [-0.15, -0.1) is 0 Å². The highest BCUT2D eigenvalue weighted by molar-refractivity contribution is 9.10. The molecule has 1 aromatic carbocycles. The molecule has 0 amide bonds. The number of hydrogen-bond acceptors (Lipinski definition) is 2. The largest absolute Gasteiger partial charge is 0.376 e. The van der Waals surface area contributed by atoms with Crippen molar-refractivity contribution in [2.24, 2.45) is 5.92 Å². The van der Waals surface area contributed by atoms with Crippen molar-refractivity contribution >= 4 is 33.2 Å². The summed E-state index contributed by atoms with van der Waals surface area (Å²) in [6.45, 7) is 6.59. The summed E-state index contributed by atoms with van der Waals surface area (Å²) in [5.41, 5.74) is 3.45. The summed E-state index contributed by atoms with van der Waals surface area (Å²) in [6.07, 6.45) is 2.81. The van der Waals surface area contributed by atoms with E-state index in [1.54, 1.807) is 6.20 Å². The topological polar surface area (TPSA) is 24.9 Å². The van der Waals surface area contributed by atoms with Crippen LogP contribution in [0, 0.1) is 5.92 Å². The molecule has 1 heterocycles. The summed E-state index contributed by atoms with van der Waals surface area (Å²) in [5, 5.41) is 3.89. The molecule has 0 aliphatic rings. The van der Waals surface area contributed by atoms with Crippen molar-refractivity contribution in [3.05, 3.63) is 57.3 Å². The Morgan fingerprint density at radius 2 is 1.86 bits per heavy atom. The van der Waals surface area contributed by atoms with Gasteiger partial charge < -0.3 is 5.32 Å². The zero-order chi connectivity index (χ0) is 15.4. The van der Waals surface area contributed by atoms with Gasteiger partial charge in [0.05, 0.1) is 5.69 Å². The van der Waals surface area contributed by atoms with E-state index in [9.17, 15) is 0 Å². The van der Waals surface area contributed by atoms with E-state index in [2.05, 4.69) is 71.3 Å². The third-order valence-electron chi connectivity index (χ3n) is 3.30. The van der Waals surface area contributed by atoms with Crippen LogP contribution in [0.4, 0.5) is 5.69 Å². The van der Waals surface area contributed by atoms with Crippen molar-refractivity contribution in [2.75, 3.05) is 5.32 Å². The number of benzene rings is 1. The molecule has 0 saturated heterocycles. The maximum atomic E-state index is 6.12. The number of halogens is 2. The molecule has 0 spiro atoms. The summed E-state index contributed by atoms with van der Waals surface area (Å²) in [5.74, 6) is 0.679. The van der Waals surface area contributed by atoms with Gasteiger partial charge in [-0.25, -0.2) is 4.98 Å². The predicted octanol–water partition coefficient (Wildman–Crippen LogP) is 5.87. The molecule has 0 bridgehead atoms. The van der Waals surface area contributed by atoms with Gasteiger partial charge in [-0.3, -0.25) is 0 Å². The summed E-state index contributed by atoms with van der Waals surface area (Å²) in [7, 11) is 0. The monoisotopic (exact) mass is 366 g/mol. The van der Waals surface area contributed by atoms with Gasteiger partial charge in [-0.05, 0) is 52.4 Å². The number of nitrogens with one attached hydrogen (secondary N) is 1. The molecule has 1 unspecified atom stereocenters. The van der Waals surface area contributed by atoms with Crippen LogP contribution in [0.1, 0.15) is 37.9 Å². The van der Waals surface area contributed by atoms with Gasteiger partial charge in [-0.1, -0.05) is 49.7 Å². The van der Waals surface area contributed by atoms with Crippen LogP contribution in [0.15, 0.2) is 41.0 Å². The van der Waals surface area contributed by atoms with E-state index in [0.717, 1.165) is 16.6 Å². The average molecular weight is 368 g/mol. The number of aromatic nitrogens is 1. The fourth-order valence-corrected chi connectivity index (χ4v) is 2.74. The first kappa shape index (κ1) is 16.3. The van der Waals surface area contributed by atoms with Crippen LogP contribution >= 0.6 is 27.5 Å². The second-order valence-corrected chi connectivity index (χ2v) is 6.97. The fraction of sp³-hybridized carbons (Fsp3) is 0.353. The molecule has 112 valence electrons. The highest BCUT2D eigenvalue weighted by atomic mass is 79.9. The summed E-state index contributed by atoms with van der Waals surface area (Å²) in [6, 6.07) is 10.9. The van der Waals surface area contributed by atoms with Crippen LogP contribution < -0.4 is 5.32 Å². The van der Waals surface area contributed by atoms with Gasteiger partial charge in [0.25, 0.3) is 0 Å². The van der Waals surface area contributed by atoms with Gasteiger partial charge >= 0.3 is 0 Å². The lowest BCUT2D eigenvalue weighted by Gasteiger charge is -2.17. The Hall–Kier alpha value is -1.06. The second-order valence-electron chi connectivity index (χ2n) is 5.70. The highest BCUT2D eigenvalue weighted by Crippen LogP contribution is 2.27. The fourth-order valence-electron chi connectivity index (χ4n) is 2.25. The lowest BCUT2D eigenvalue weighted by Crippen LogP contribution is -2.07. The van der Waals surface area contributed by atoms with Gasteiger partial charge in [0.2, 0.25) is 0 Å². The minimum Gasteiger partial charge on any atom is -0.376 e. The average Bonchev–Trinajstić information content (AvgIpc) is 2.43. The van der Waals surface area contributed by atoms with E-state index in [1.165, 1.54) is 11.1 Å². The van der Waals surface area contributed by atoms with Gasteiger partial charge in [0.15, 0.2) is 5.15 Å². The summed E-state index contributed by atoms with van der Waals surface area (Å²) in [4.78, 5) is 4.13. The van der Waals surface area contributed by atoms with E-state index in [4.69, 9.17) is 11.6 Å². The van der Waals surface area contributed by atoms with Crippen LogP contribution in [0.3, 0.4) is 0 Å². The molecule has 1 atom stereocenters. The Bertz CT molecular complexity index is 596. The number of rotatable bonds is 5. The third kappa shape index (κ3) is 4.72. The molecule has 0 aliphatic heterocycles. The molecular formula is C17H20BrClN2. The molecule has 2 rings (SSSR count). The van der Waals surface area contributed by atoms with Crippen LogP contribution in [0.5, 0.6) is 0 Å². The highest BCUT2D eigenvalue weighted by Gasteiger charge is 2.09. The first-order chi connectivity index (χ1) is 9.95. The molecule has 21 heavy (non-hydrogen) atoms. The quantitative estimate of drug-likeness (QED) is 0.668. The number of pyridine rings is 1. The Kier molecular flexibility index (Phi) is 5.65. The maximum Gasteiger partial charge on any atom is 0.152 e. The van der Waals surface area contributed by atoms with Crippen LogP contribution in [0.25, 0.3) is 0 Å². The van der Waals surface area contributed by atoms with E-state index < -0.39 is 0 Å². The Balaban J connectivity index is 2.09.